The molecule has 0 fully saturated rings. The highest BCUT2D eigenvalue weighted by atomic mass is 15.2. The quantitative estimate of drug-likeness (QED) is 0.170. The van der Waals surface area contributed by atoms with Gasteiger partial charge in [-0.1, -0.05) is 158 Å². The summed E-state index contributed by atoms with van der Waals surface area (Å²) in [6.45, 7) is 4.14. The third-order valence-corrected chi connectivity index (χ3v) is 11.0. The first-order valence-electron chi connectivity index (χ1n) is 23.0. The van der Waals surface area contributed by atoms with Crippen LogP contribution in [0.3, 0.4) is 0 Å². The van der Waals surface area contributed by atoms with E-state index in [1.165, 1.54) is 6.07 Å². The summed E-state index contributed by atoms with van der Waals surface area (Å²) in [5.74, 6) is 1.35. The highest BCUT2D eigenvalue weighted by Crippen LogP contribution is 2.43. The second-order valence-electron chi connectivity index (χ2n) is 14.4. The Balaban J connectivity index is 1.25. The highest BCUT2D eigenvalue weighted by Gasteiger charge is 2.24. The van der Waals surface area contributed by atoms with Crippen molar-refractivity contribution in [1.82, 2.24) is 24.1 Å². The van der Waals surface area contributed by atoms with Gasteiger partial charge in [0.15, 0.2) is 11.6 Å². The van der Waals surface area contributed by atoms with E-state index in [2.05, 4.69) is 60.9 Å². The van der Waals surface area contributed by atoms with Crippen molar-refractivity contribution in [3.63, 3.8) is 0 Å². The maximum Gasteiger partial charge on any atom is 0.238 e. The highest BCUT2D eigenvalue weighted by molar-refractivity contribution is 6.26. The second kappa shape index (κ2) is 13.5. The summed E-state index contributed by atoms with van der Waals surface area (Å²) in [5.41, 5.74) is 8.92. The molecule has 11 aromatic rings. The van der Waals surface area contributed by atoms with Gasteiger partial charge in [-0.15, -0.1) is 0 Å². The molecule has 0 amide bonds. The van der Waals surface area contributed by atoms with Crippen LogP contribution in [-0.2, 0) is 0 Å². The lowest BCUT2D eigenvalue weighted by molar-refractivity contribution is 0.955. The molecular weight excluding hydrogens is 707 g/mol. The van der Waals surface area contributed by atoms with Gasteiger partial charge in [0.1, 0.15) is 0 Å². The number of hydrogen-bond donors (Lipinski definition) is 0. The minimum atomic E-state index is -0.553. The van der Waals surface area contributed by atoms with Gasteiger partial charge in [-0.2, -0.15) is 9.97 Å². The Morgan fingerprint density at radius 1 is 0.431 bits per heavy atom. The molecule has 0 aliphatic rings. The van der Waals surface area contributed by atoms with Crippen molar-refractivity contribution in [3.05, 3.63) is 199 Å². The maximum absolute atomic E-state index is 9.46. The molecule has 0 unspecified atom stereocenters. The molecule has 11 rings (SSSR count). The topological polar surface area (TPSA) is 48.5 Å². The second-order valence-corrected chi connectivity index (χ2v) is 14.4. The Morgan fingerprint density at radius 2 is 1.07 bits per heavy atom. The number of nitrogens with zero attached hydrogens (tertiary/aromatic N) is 5. The van der Waals surface area contributed by atoms with E-state index >= 15 is 0 Å². The molecule has 0 N–H and O–H groups in total. The number of aryl methyl sites for hydroxylation is 2. The van der Waals surface area contributed by atoms with Crippen molar-refractivity contribution in [3.8, 4) is 56.7 Å². The van der Waals surface area contributed by atoms with Gasteiger partial charge in [0, 0.05) is 38.2 Å². The Hall–Kier alpha value is -7.63. The fourth-order valence-corrected chi connectivity index (χ4v) is 8.09. The van der Waals surface area contributed by atoms with Gasteiger partial charge in [0.25, 0.3) is 0 Å². The van der Waals surface area contributed by atoms with Crippen LogP contribution in [0.15, 0.2) is 188 Å². The average Bonchev–Trinajstić information content (AvgIpc) is 3.86. The molecule has 274 valence electrons. The Kier molecular flexibility index (Phi) is 6.13. The molecule has 0 saturated carbocycles. The molecule has 0 spiro atoms. The fraction of sp³-hybridized carbons (Fsp3) is 0.0377. The van der Waals surface area contributed by atoms with Crippen molar-refractivity contribution in [2.45, 2.75) is 13.8 Å². The SMILES string of the molecule is [2H]c1cc(-c2c([2H])c([2H])c([2H])c([2H])c2[2H])c(-n2c3ccccc3c3c2ccc2c4ccccc4n(-c4nc(-c5ccc(-c6ccccc6)cc5)nc(-c5ccc(C)c(C)c5)n4)c23)c([2H])c1[2H]. The largest absolute Gasteiger partial charge is 0.309 e. The molecule has 0 aliphatic heterocycles. The van der Waals surface area contributed by atoms with Crippen LogP contribution in [0.5, 0.6) is 0 Å². The third kappa shape index (κ3) is 5.43. The van der Waals surface area contributed by atoms with Crippen molar-refractivity contribution in [2.75, 3.05) is 0 Å². The lowest BCUT2D eigenvalue weighted by Gasteiger charge is -2.14. The zero-order chi connectivity index (χ0) is 45.7. The summed E-state index contributed by atoms with van der Waals surface area (Å²) < 4.78 is 74.2. The molecule has 3 heterocycles. The molecular formula is C53H37N5. The number of aromatic nitrogens is 5. The van der Waals surface area contributed by atoms with Crippen LogP contribution in [0.2, 0.25) is 0 Å². The van der Waals surface area contributed by atoms with E-state index in [1.54, 1.807) is 0 Å². The van der Waals surface area contributed by atoms with Gasteiger partial charge in [0.05, 0.1) is 38.7 Å². The van der Waals surface area contributed by atoms with Crippen LogP contribution in [0.4, 0.5) is 0 Å². The van der Waals surface area contributed by atoms with E-state index in [1.807, 2.05) is 95.6 Å². The molecule has 5 nitrogen and oxygen atoms in total. The zero-order valence-electron chi connectivity index (χ0n) is 39.5. The van der Waals surface area contributed by atoms with E-state index in [0.717, 1.165) is 66.0 Å². The Bertz CT molecular complexity index is 3790. The monoisotopic (exact) mass is 751 g/mol. The molecule has 0 radical (unpaired) electrons. The Labute approximate surface area is 347 Å². The molecule has 0 atom stereocenters. The third-order valence-electron chi connectivity index (χ3n) is 11.0. The normalized spacial score (nSPS) is 13.6. The van der Waals surface area contributed by atoms with Crippen molar-refractivity contribution in [1.29, 1.82) is 0 Å². The molecule has 3 aromatic heterocycles. The Morgan fingerprint density at radius 3 is 1.84 bits per heavy atom. The molecule has 5 heteroatoms. The van der Waals surface area contributed by atoms with E-state index in [-0.39, 0.29) is 34.9 Å². The van der Waals surface area contributed by atoms with E-state index < -0.39 is 30.2 Å². The van der Waals surface area contributed by atoms with Crippen LogP contribution in [0.1, 0.15) is 22.1 Å². The van der Waals surface area contributed by atoms with Gasteiger partial charge in [-0.25, -0.2) is 4.98 Å². The van der Waals surface area contributed by atoms with Crippen molar-refractivity contribution < 1.29 is 11.0 Å². The van der Waals surface area contributed by atoms with Crippen molar-refractivity contribution >= 4 is 43.6 Å². The number of para-hydroxylation sites is 3. The van der Waals surface area contributed by atoms with Crippen LogP contribution in [0.25, 0.3) is 100 Å². The van der Waals surface area contributed by atoms with Gasteiger partial charge in [0.2, 0.25) is 5.95 Å². The zero-order valence-corrected chi connectivity index (χ0v) is 31.5. The summed E-state index contributed by atoms with van der Waals surface area (Å²) in [7, 11) is 0. The molecule has 58 heavy (non-hydrogen) atoms. The first-order valence-corrected chi connectivity index (χ1v) is 19.0. The van der Waals surface area contributed by atoms with Gasteiger partial charge in [-0.05, 0) is 72.0 Å². The fourth-order valence-electron chi connectivity index (χ4n) is 8.09. The minimum Gasteiger partial charge on any atom is -0.309 e. The summed E-state index contributed by atoms with van der Waals surface area (Å²) in [5, 5.41) is 3.41. The summed E-state index contributed by atoms with van der Waals surface area (Å²) >= 11 is 0. The molecule has 0 aliphatic carbocycles. The average molecular weight is 752 g/mol. The molecule has 0 saturated heterocycles. The smallest absolute Gasteiger partial charge is 0.238 e. The first-order chi connectivity index (χ1) is 31.9. The summed E-state index contributed by atoms with van der Waals surface area (Å²) in [6.07, 6.45) is 0. The van der Waals surface area contributed by atoms with Gasteiger partial charge >= 0.3 is 0 Å². The lowest BCUT2D eigenvalue weighted by Crippen LogP contribution is -2.06. The minimum absolute atomic E-state index is 0.0692. The van der Waals surface area contributed by atoms with Crippen LogP contribution in [-0.4, -0.2) is 24.1 Å². The first kappa shape index (κ1) is 26.3. The molecule has 8 aromatic carbocycles. The van der Waals surface area contributed by atoms with Gasteiger partial charge in [-0.3, -0.25) is 4.57 Å². The number of hydrogen-bond acceptors (Lipinski definition) is 3. The van der Waals surface area contributed by atoms with E-state index in [9.17, 15) is 1.37 Å². The van der Waals surface area contributed by atoms with E-state index in [0.29, 0.717) is 28.6 Å². The lowest BCUT2D eigenvalue weighted by atomic mass is 10.0. The van der Waals surface area contributed by atoms with Crippen LogP contribution in [0, 0.1) is 13.8 Å². The number of fused-ring (bicyclic) bond motifs is 7. The predicted molar refractivity (Wildman–Crippen MR) is 240 cm³/mol. The number of benzene rings is 8. The molecule has 0 bridgehead atoms. The summed E-state index contributed by atoms with van der Waals surface area (Å²) in [6, 6.07) is 42.0. The maximum atomic E-state index is 9.46. The van der Waals surface area contributed by atoms with Crippen LogP contribution >= 0.6 is 0 Å². The van der Waals surface area contributed by atoms with Crippen molar-refractivity contribution in [2.24, 2.45) is 0 Å². The predicted octanol–water partition coefficient (Wildman–Crippen LogP) is 13.4. The van der Waals surface area contributed by atoms with Crippen LogP contribution < -0.4 is 0 Å². The van der Waals surface area contributed by atoms with Gasteiger partial charge < -0.3 is 4.57 Å². The van der Waals surface area contributed by atoms with E-state index in [4.69, 9.17) is 24.5 Å². The standard InChI is InChI=1S/C53H37N5/c1-34-25-26-40(33-35(34)2)52-54-51(39-29-27-37(28-30-39)36-15-5-3-6-16-36)55-53(56-52)58-46-23-13-10-20-42(46)43-31-32-48-49(50(43)58)44-21-11-14-24-47(44)57(48)45-22-12-9-19-41(45)38-17-7-4-8-18-38/h3-33H,1-2H3/i4D,7D,8D,9D,12D,17D,18D,22D. The number of rotatable bonds is 6. The summed E-state index contributed by atoms with van der Waals surface area (Å²) in [4.78, 5) is 15.6.